The SMILES string of the molecule is c1ccc(-n2c(SCCCCCn3cccn3)nnc2-c2ccco2)cc1. The van der Waals surface area contributed by atoms with Gasteiger partial charge in [0, 0.05) is 30.4 Å². The Labute approximate surface area is 162 Å². The molecule has 1 aromatic carbocycles. The summed E-state index contributed by atoms with van der Waals surface area (Å²) in [5.41, 5.74) is 1.04. The lowest BCUT2D eigenvalue weighted by Gasteiger charge is -2.09. The van der Waals surface area contributed by atoms with Gasteiger partial charge in [-0.3, -0.25) is 9.25 Å². The maximum atomic E-state index is 5.55. The van der Waals surface area contributed by atoms with E-state index in [0.717, 1.165) is 54.0 Å². The van der Waals surface area contributed by atoms with E-state index >= 15 is 0 Å². The summed E-state index contributed by atoms with van der Waals surface area (Å²) in [6, 6.07) is 15.9. The van der Waals surface area contributed by atoms with Gasteiger partial charge in [0.05, 0.1) is 6.26 Å². The molecular weight excluding hydrogens is 358 g/mol. The molecule has 3 aromatic heterocycles. The number of nitrogens with zero attached hydrogens (tertiary/aromatic N) is 5. The number of para-hydroxylation sites is 1. The number of benzene rings is 1. The van der Waals surface area contributed by atoms with E-state index < -0.39 is 0 Å². The molecular formula is C20H21N5OS. The smallest absolute Gasteiger partial charge is 0.205 e. The average molecular weight is 379 g/mol. The molecule has 0 bridgehead atoms. The van der Waals surface area contributed by atoms with Crippen LogP contribution in [0.1, 0.15) is 19.3 Å². The molecule has 0 saturated carbocycles. The third kappa shape index (κ3) is 4.31. The van der Waals surface area contributed by atoms with Crippen LogP contribution in [0.2, 0.25) is 0 Å². The van der Waals surface area contributed by atoms with Gasteiger partial charge in [0.25, 0.3) is 0 Å². The minimum Gasteiger partial charge on any atom is -0.461 e. The lowest BCUT2D eigenvalue weighted by molar-refractivity contribution is 0.554. The van der Waals surface area contributed by atoms with Gasteiger partial charge in [-0.2, -0.15) is 5.10 Å². The Bertz CT molecular complexity index is 932. The molecule has 4 rings (SSSR count). The quantitative estimate of drug-likeness (QED) is 0.312. The van der Waals surface area contributed by atoms with Gasteiger partial charge in [-0.15, -0.1) is 10.2 Å². The molecule has 0 aliphatic heterocycles. The van der Waals surface area contributed by atoms with E-state index in [1.165, 1.54) is 0 Å². The highest BCUT2D eigenvalue weighted by Crippen LogP contribution is 2.28. The van der Waals surface area contributed by atoms with Crippen molar-refractivity contribution < 1.29 is 4.42 Å². The zero-order valence-electron chi connectivity index (χ0n) is 14.9. The summed E-state index contributed by atoms with van der Waals surface area (Å²) < 4.78 is 9.59. The molecule has 0 saturated heterocycles. The van der Waals surface area contributed by atoms with Crippen LogP contribution in [0.5, 0.6) is 0 Å². The zero-order valence-corrected chi connectivity index (χ0v) is 15.8. The van der Waals surface area contributed by atoms with Gasteiger partial charge in [0.15, 0.2) is 10.9 Å². The van der Waals surface area contributed by atoms with Crippen LogP contribution in [0.15, 0.2) is 76.8 Å². The number of hydrogen-bond acceptors (Lipinski definition) is 5. The number of rotatable bonds is 9. The number of aryl methyl sites for hydroxylation is 1. The molecule has 0 N–H and O–H groups in total. The number of hydrogen-bond donors (Lipinski definition) is 0. The Morgan fingerprint density at radius 3 is 2.63 bits per heavy atom. The van der Waals surface area contributed by atoms with Crippen LogP contribution in [0.4, 0.5) is 0 Å². The molecule has 0 aliphatic rings. The standard InChI is InChI=1S/C20H21N5OS/c1-3-9-17(10-4-1)25-19(18-11-7-15-26-18)22-23-20(25)27-16-6-2-5-13-24-14-8-12-21-24/h1,3-4,7-12,14-15H,2,5-6,13,16H2. The maximum Gasteiger partial charge on any atom is 0.205 e. The van der Waals surface area contributed by atoms with Crippen molar-refractivity contribution in [3.8, 4) is 17.3 Å². The third-order valence-corrected chi connectivity index (χ3v) is 5.23. The summed E-state index contributed by atoms with van der Waals surface area (Å²) in [6.45, 7) is 0.973. The van der Waals surface area contributed by atoms with E-state index in [-0.39, 0.29) is 0 Å². The summed E-state index contributed by atoms with van der Waals surface area (Å²) in [4.78, 5) is 0. The predicted octanol–water partition coefficient (Wildman–Crippen LogP) is 4.69. The van der Waals surface area contributed by atoms with E-state index in [2.05, 4.69) is 32.0 Å². The molecule has 0 atom stereocenters. The highest BCUT2D eigenvalue weighted by Gasteiger charge is 2.17. The van der Waals surface area contributed by atoms with Crippen LogP contribution in [-0.2, 0) is 6.54 Å². The Morgan fingerprint density at radius 1 is 0.926 bits per heavy atom. The van der Waals surface area contributed by atoms with Crippen molar-refractivity contribution in [3.05, 3.63) is 67.2 Å². The normalized spacial score (nSPS) is 11.1. The van der Waals surface area contributed by atoms with Gasteiger partial charge in [0.1, 0.15) is 0 Å². The fraction of sp³-hybridized carbons (Fsp3) is 0.250. The van der Waals surface area contributed by atoms with Crippen LogP contribution in [0.3, 0.4) is 0 Å². The Morgan fingerprint density at radius 2 is 1.85 bits per heavy atom. The van der Waals surface area contributed by atoms with Gasteiger partial charge in [0.2, 0.25) is 5.82 Å². The Kier molecular flexibility index (Phi) is 5.69. The minimum atomic E-state index is 0.720. The number of thioether (sulfide) groups is 1. The van der Waals surface area contributed by atoms with Crippen LogP contribution >= 0.6 is 11.8 Å². The lowest BCUT2D eigenvalue weighted by atomic mass is 10.2. The van der Waals surface area contributed by atoms with Crippen molar-refractivity contribution in [2.75, 3.05) is 5.75 Å². The molecule has 3 heterocycles. The molecule has 0 radical (unpaired) electrons. The van der Waals surface area contributed by atoms with Gasteiger partial charge < -0.3 is 4.42 Å². The first kappa shape index (κ1) is 17.6. The molecule has 7 heteroatoms. The number of aromatic nitrogens is 5. The fourth-order valence-electron chi connectivity index (χ4n) is 2.89. The zero-order chi connectivity index (χ0) is 18.3. The van der Waals surface area contributed by atoms with Crippen molar-refractivity contribution in [1.82, 2.24) is 24.5 Å². The van der Waals surface area contributed by atoms with Crippen molar-refractivity contribution >= 4 is 11.8 Å². The van der Waals surface area contributed by atoms with Gasteiger partial charge in [-0.1, -0.05) is 36.4 Å². The molecule has 4 aromatic rings. The van der Waals surface area contributed by atoms with Crippen molar-refractivity contribution in [3.63, 3.8) is 0 Å². The molecule has 0 aliphatic carbocycles. The van der Waals surface area contributed by atoms with Crippen LogP contribution in [0, 0.1) is 0 Å². The molecule has 138 valence electrons. The summed E-state index contributed by atoms with van der Waals surface area (Å²) in [7, 11) is 0. The monoisotopic (exact) mass is 379 g/mol. The largest absolute Gasteiger partial charge is 0.461 e. The molecule has 0 fully saturated rings. The molecule has 27 heavy (non-hydrogen) atoms. The highest BCUT2D eigenvalue weighted by molar-refractivity contribution is 7.99. The fourth-order valence-corrected chi connectivity index (χ4v) is 3.84. The highest BCUT2D eigenvalue weighted by atomic mass is 32.2. The van der Waals surface area contributed by atoms with Gasteiger partial charge in [-0.05, 0) is 43.2 Å². The van der Waals surface area contributed by atoms with Crippen molar-refractivity contribution in [2.45, 2.75) is 31.0 Å². The second kappa shape index (κ2) is 8.73. The second-order valence-electron chi connectivity index (χ2n) is 6.13. The summed E-state index contributed by atoms with van der Waals surface area (Å²) in [5, 5.41) is 13.9. The molecule has 0 spiro atoms. The van der Waals surface area contributed by atoms with E-state index in [4.69, 9.17) is 4.42 Å². The summed E-state index contributed by atoms with van der Waals surface area (Å²) in [5.74, 6) is 2.45. The first-order valence-electron chi connectivity index (χ1n) is 9.07. The van der Waals surface area contributed by atoms with Crippen molar-refractivity contribution in [2.24, 2.45) is 0 Å². The van der Waals surface area contributed by atoms with Gasteiger partial charge in [-0.25, -0.2) is 0 Å². The molecule has 0 amide bonds. The van der Waals surface area contributed by atoms with E-state index in [9.17, 15) is 0 Å². The van der Waals surface area contributed by atoms with Crippen molar-refractivity contribution in [1.29, 1.82) is 0 Å². The second-order valence-corrected chi connectivity index (χ2v) is 7.19. The number of unbranched alkanes of at least 4 members (excludes halogenated alkanes) is 2. The lowest BCUT2D eigenvalue weighted by Crippen LogP contribution is -2.00. The average Bonchev–Trinajstić information content (AvgIpc) is 3.47. The van der Waals surface area contributed by atoms with Crippen LogP contribution in [0.25, 0.3) is 17.3 Å². The first-order chi connectivity index (χ1) is 13.4. The minimum absolute atomic E-state index is 0.720. The van der Waals surface area contributed by atoms with E-state index in [1.54, 1.807) is 18.0 Å². The van der Waals surface area contributed by atoms with Crippen LogP contribution < -0.4 is 0 Å². The topological polar surface area (TPSA) is 61.7 Å². The maximum absolute atomic E-state index is 5.55. The third-order valence-electron chi connectivity index (χ3n) is 4.21. The summed E-state index contributed by atoms with van der Waals surface area (Å²) >= 11 is 1.73. The molecule has 6 nitrogen and oxygen atoms in total. The molecule has 0 unspecified atom stereocenters. The van der Waals surface area contributed by atoms with E-state index in [0.29, 0.717) is 0 Å². The predicted molar refractivity (Wildman–Crippen MR) is 106 cm³/mol. The van der Waals surface area contributed by atoms with Gasteiger partial charge >= 0.3 is 0 Å². The number of furan rings is 1. The summed E-state index contributed by atoms with van der Waals surface area (Å²) in [6.07, 6.45) is 8.91. The Balaban J connectivity index is 1.40. The first-order valence-corrected chi connectivity index (χ1v) is 10.1. The Hall–Kier alpha value is -2.80. The van der Waals surface area contributed by atoms with Crippen LogP contribution in [-0.4, -0.2) is 30.3 Å². The van der Waals surface area contributed by atoms with E-state index in [1.807, 2.05) is 53.5 Å².